The van der Waals surface area contributed by atoms with Crippen molar-refractivity contribution in [2.45, 2.75) is 19.5 Å². The van der Waals surface area contributed by atoms with Gasteiger partial charge >= 0.3 is 6.03 Å². The van der Waals surface area contributed by atoms with Crippen molar-refractivity contribution in [2.75, 3.05) is 5.32 Å². The summed E-state index contributed by atoms with van der Waals surface area (Å²) in [4.78, 5) is 14.8. The molecule has 1 atom stereocenters. The van der Waals surface area contributed by atoms with E-state index in [1.165, 1.54) is 0 Å². The molecule has 126 valence electrons. The number of para-hydroxylation sites is 1. The first-order valence-electron chi connectivity index (χ1n) is 8.22. The van der Waals surface area contributed by atoms with Gasteiger partial charge in [-0.1, -0.05) is 40.2 Å². The molecule has 1 aliphatic heterocycles. The van der Waals surface area contributed by atoms with E-state index >= 15 is 0 Å². The number of nitrogens with zero attached hydrogens (tertiary/aromatic N) is 2. The predicted octanol–water partition coefficient (Wildman–Crippen LogP) is 5.35. The monoisotopic (exact) mass is 395 g/mol. The minimum Gasteiger partial charge on any atom is -0.318 e. The second kappa shape index (κ2) is 6.41. The molecule has 0 saturated carbocycles. The average Bonchev–Trinajstić information content (AvgIpc) is 3.05. The van der Waals surface area contributed by atoms with Gasteiger partial charge in [-0.25, -0.2) is 4.79 Å². The number of carbonyl (C=O) groups excluding carboxylic acids is 1. The molecule has 0 aliphatic carbocycles. The Kier molecular flexibility index (Phi) is 4.09. The Bertz CT molecular complexity index is 934. The topological polar surface area (TPSA) is 37.3 Å². The van der Waals surface area contributed by atoms with Crippen LogP contribution in [0.15, 0.2) is 71.3 Å². The van der Waals surface area contributed by atoms with E-state index in [0.29, 0.717) is 6.54 Å². The number of halogens is 1. The Morgan fingerprint density at radius 2 is 1.96 bits per heavy atom. The van der Waals surface area contributed by atoms with Gasteiger partial charge in [-0.05, 0) is 48.9 Å². The van der Waals surface area contributed by atoms with Gasteiger partial charge in [-0.3, -0.25) is 0 Å². The van der Waals surface area contributed by atoms with Crippen LogP contribution in [0.2, 0.25) is 0 Å². The van der Waals surface area contributed by atoms with Crippen molar-refractivity contribution < 1.29 is 4.79 Å². The second-order valence-corrected chi connectivity index (χ2v) is 7.09. The first kappa shape index (κ1) is 16.0. The molecule has 25 heavy (non-hydrogen) atoms. The maximum atomic E-state index is 13.0. The molecule has 0 bridgehead atoms. The lowest BCUT2D eigenvalue weighted by molar-refractivity contribution is 0.189. The van der Waals surface area contributed by atoms with Crippen LogP contribution in [0.3, 0.4) is 0 Å². The van der Waals surface area contributed by atoms with Crippen LogP contribution in [0, 0.1) is 0 Å². The molecule has 3 aromatic rings. The highest BCUT2D eigenvalue weighted by molar-refractivity contribution is 9.10. The number of hydrogen-bond donors (Lipinski definition) is 1. The summed E-state index contributed by atoms with van der Waals surface area (Å²) < 4.78 is 3.11. The zero-order valence-electron chi connectivity index (χ0n) is 13.8. The van der Waals surface area contributed by atoms with Crippen molar-refractivity contribution in [1.82, 2.24) is 9.47 Å². The largest absolute Gasteiger partial charge is 0.322 e. The first-order valence-corrected chi connectivity index (χ1v) is 9.01. The Morgan fingerprint density at radius 3 is 2.80 bits per heavy atom. The lowest BCUT2D eigenvalue weighted by Crippen LogP contribution is -2.36. The minimum atomic E-state index is -0.102. The second-order valence-electron chi connectivity index (χ2n) is 6.18. The lowest BCUT2D eigenvalue weighted by Gasteiger charge is -2.27. The van der Waals surface area contributed by atoms with Crippen LogP contribution in [-0.2, 0) is 6.54 Å². The van der Waals surface area contributed by atoms with Crippen molar-refractivity contribution in [3.8, 4) is 5.69 Å². The van der Waals surface area contributed by atoms with Gasteiger partial charge in [-0.2, -0.15) is 0 Å². The van der Waals surface area contributed by atoms with Crippen molar-refractivity contribution >= 4 is 27.6 Å². The normalized spacial score (nSPS) is 15.9. The third-order valence-corrected chi connectivity index (χ3v) is 5.10. The molecular weight excluding hydrogens is 378 g/mol. The van der Waals surface area contributed by atoms with Gasteiger partial charge < -0.3 is 14.8 Å². The first-order chi connectivity index (χ1) is 12.1. The van der Waals surface area contributed by atoms with Crippen molar-refractivity contribution in [3.05, 3.63) is 82.6 Å². The summed E-state index contributed by atoms with van der Waals surface area (Å²) in [5.41, 5.74) is 4.15. The van der Waals surface area contributed by atoms with Gasteiger partial charge in [0.2, 0.25) is 0 Å². The predicted molar refractivity (Wildman–Crippen MR) is 103 cm³/mol. The van der Waals surface area contributed by atoms with Crippen molar-refractivity contribution in [2.24, 2.45) is 0 Å². The zero-order chi connectivity index (χ0) is 17.4. The number of carbonyl (C=O) groups is 1. The van der Waals surface area contributed by atoms with Crippen molar-refractivity contribution in [1.29, 1.82) is 0 Å². The summed E-state index contributed by atoms with van der Waals surface area (Å²) >= 11 is 3.44. The number of amides is 2. The summed E-state index contributed by atoms with van der Waals surface area (Å²) in [6.07, 6.45) is 2.06. The molecule has 0 saturated heterocycles. The van der Waals surface area contributed by atoms with E-state index < -0.39 is 0 Å². The molecule has 4 nitrogen and oxygen atoms in total. The Hall–Kier alpha value is -2.53. The average molecular weight is 396 g/mol. The zero-order valence-corrected chi connectivity index (χ0v) is 15.4. The Balaban J connectivity index is 1.70. The molecule has 1 N–H and O–H groups in total. The summed E-state index contributed by atoms with van der Waals surface area (Å²) in [6, 6.07) is 19.8. The van der Waals surface area contributed by atoms with Gasteiger partial charge in [0, 0.05) is 22.1 Å². The highest BCUT2D eigenvalue weighted by Gasteiger charge is 2.28. The maximum Gasteiger partial charge on any atom is 0.322 e. The minimum absolute atomic E-state index is 0.0328. The van der Waals surface area contributed by atoms with Crippen LogP contribution in [0.4, 0.5) is 10.5 Å². The summed E-state index contributed by atoms with van der Waals surface area (Å²) in [5, 5.41) is 3.01. The van der Waals surface area contributed by atoms with Gasteiger partial charge in [0.15, 0.2) is 0 Å². The number of fused-ring (bicyclic) bond motifs is 3. The molecule has 5 heteroatoms. The molecule has 2 aromatic carbocycles. The van der Waals surface area contributed by atoms with Crippen LogP contribution in [0.1, 0.15) is 24.2 Å². The molecule has 1 aliphatic rings. The van der Waals surface area contributed by atoms with E-state index in [0.717, 1.165) is 27.1 Å². The third-order valence-electron chi connectivity index (χ3n) is 4.60. The van der Waals surface area contributed by atoms with E-state index in [4.69, 9.17) is 0 Å². The maximum absolute atomic E-state index is 13.0. The Labute approximate surface area is 155 Å². The molecule has 0 fully saturated rings. The van der Waals surface area contributed by atoms with Crippen LogP contribution in [0.25, 0.3) is 5.69 Å². The molecule has 0 spiro atoms. The number of aromatic nitrogens is 1. The molecule has 1 unspecified atom stereocenters. The summed E-state index contributed by atoms with van der Waals surface area (Å²) in [5.74, 6) is 0. The SMILES string of the molecule is CC1c2cccn2-c2ccccc2CN1C(=O)Nc1cccc(Br)c1. The number of rotatable bonds is 1. The number of nitrogens with one attached hydrogen (secondary N) is 1. The quantitative estimate of drug-likeness (QED) is 0.592. The van der Waals surface area contributed by atoms with E-state index in [9.17, 15) is 4.79 Å². The number of urea groups is 1. The molecule has 4 rings (SSSR count). The fourth-order valence-corrected chi connectivity index (χ4v) is 3.72. The molecule has 2 amide bonds. The van der Waals surface area contributed by atoms with Gasteiger partial charge in [0.25, 0.3) is 0 Å². The van der Waals surface area contributed by atoms with E-state index in [-0.39, 0.29) is 12.1 Å². The van der Waals surface area contributed by atoms with E-state index in [1.54, 1.807) is 0 Å². The standard InChI is InChI=1S/C20H18BrN3O/c1-14-18-10-5-11-23(18)19-9-3-2-6-15(19)13-24(14)20(25)22-17-8-4-7-16(21)12-17/h2-12,14H,13H2,1H3,(H,22,25). The van der Waals surface area contributed by atoms with Crippen molar-refractivity contribution in [3.63, 3.8) is 0 Å². The summed E-state index contributed by atoms with van der Waals surface area (Å²) in [7, 11) is 0. The number of benzene rings is 2. The molecular formula is C20H18BrN3O. The smallest absolute Gasteiger partial charge is 0.318 e. The number of anilines is 1. The molecule has 1 aromatic heterocycles. The van der Waals surface area contributed by atoms with Crippen LogP contribution in [0.5, 0.6) is 0 Å². The third kappa shape index (κ3) is 2.96. The fraction of sp³-hybridized carbons (Fsp3) is 0.150. The van der Waals surface area contributed by atoms with Gasteiger partial charge in [0.1, 0.15) is 0 Å². The van der Waals surface area contributed by atoms with Crippen LogP contribution in [-0.4, -0.2) is 15.5 Å². The van der Waals surface area contributed by atoms with Crippen LogP contribution >= 0.6 is 15.9 Å². The fourth-order valence-electron chi connectivity index (χ4n) is 3.32. The highest BCUT2D eigenvalue weighted by atomic mass is 79.9. The van der Waals surface area contributed by atoms with Gasteiger partial charge in [-0.15, -0.1) is 0 Å². The van der Waals surface area contributed by atoms with Crippen LogP contribution < -0.4 is 5.32 Å². The Morgan fingerprint density at radius 1 is 1.12 bits per heavy atom. The van der Waals surface area contributed by atoms with E-state index in [1.807, 2.05) is 47.4 Å². The highest BCUT2D eigenvalue weighted by Crippen LogP contribution is 2.32. The van der Waals surface area contributed by atoms with Gasteiger partial charge in [0.05, 0.1) is 18.3 Å². The summed E-state index contributed by atoms with van der Waals surface area (Å²) in [6.45, 7) is 2.64. The molecule has 2 heterocycles. The molecule has 0 radical (unpaired) electrons. The lowest BCUT2D eigenvalue weighted by atomic mass is 10.1. The number of hydrogen-bond acceptors (Lipinski definition) is 1. The van der Waals surface area contributed by atoms with E-state index in [2.05, 4.69) is 57.1 Å².